The van der Waals surface area contributed by atoms with Crippen LogP contribution >= 0.6 is 0 Å². The van der Waals surface area contributed by atoms with Gasteiger partial charge in [-0.3, -0.25) is 9.69 Å². The van der Waals surface area contributed by atoms with Gasteiger partial charge >= 0.3 is 0 Å². The van der Waals surface area contributed by atoms with E-state index in [0.717, 1.165) is 31.9 Å². The first kappa shape index (κ1) is 19.7. The predicted molar refractivity (Wildman–Crippen MR) is 100.0 cm³/mol. The third-order valence-electron chi connectivity index (χ3n) is 5.25. The van der Waals surface area contributed by atoms with Gasteiger partial charge in [-0.15, -0.1) is 0 Å². The van der Waals surface area contributed by atoms with E-state index < -0.39 is 5.60 Å². The number of ether oxygens (including phenoxy) is 1. The maximum atomic E-state index is 12.2. The lowest BCUT2D eigenvalue weighted by atomic mass is 9.92. The largest absolute Gasteiger partial charge is 0.491 e. The van der Waals surface area contributed by atoms with Gasteiger partial charge in [-0.2, -0.15) is 0 Å². The number of benzene rings is 1. The SMILES string of the molecule is CCN(CC)C(=O)CN1CCC(O)(COc2ccc(C)c(C)c2)CC1. The molecule has 1 saturated heterocycles. The highest BCUT2D eigenvalue weighted by Crippen LogP contribution is 2.24. The number of amides is 1. The number of hydrogen-bond acceptors (Lipinski definition) is 4. The molecule has 1 aliphatic heterocycles. The normalized spacial score (nSPS) is 17.3. The average Bonchev–Trinajstić information content (AvgIpc) is 2.59. The smallest absolute Gasteiger partial charge is 0.236 e. The molecule has 5 heteroatoms. The summed E-state index contributed by atoms with van der Waals surface area (Å²) in [5, 5.41) is 10.8. The van der Waals surface area contributed by atoms with Gasteiger partial charge in [-0.25, -0.2) is 0 Å². The summed E-state index contributed by atoms with van der Waals surface area (Å²) in [6, 6.07) is 6.00. The van der Waals surface area contributed by atoms with Crippen molar-refractivity contribution in [3.05, 3.63) is 29.3 Å². The molecule has 0 aromatic heterocycles. The molecule has 0 radical (unpaired) electrons. The Morgan fingerprint density at radius 1 is 1.20 bits per heavy atom. The number of hydrogen-bond donors (Lipinski definition) is 1. The summed E-state index contributed by atoms with van der Waals surface area (Å²) in [6.07, 6.45) is 1.26. The lowest BCUT2D eigenvalue weighted by Gasteiger charge is -2.38. The highest BCUT2D eigenvalue weighted by molar-refractivity contribution is 5.78. The van der Waals surface area contributed by atoms with Crippen molar-refractivity contribution in [2.24, 2.45) is 0 Å². The van der Waals surface area contributed by atoms with Gasteiger partial charge in [-0.1, -0.05) is 6.07 Å². The number of aliphatic hydroxyl groups is 1. The summed E-state index contributed by atoms with van der Waals surface area (Å²) in [5.41, 5.74) is 1.61. The van der Waals surface area contributed by atoms with Gasteiger partial charge in [0.05, 0.1) is 6.54 Å². The Bertz CT molecular complexity index is 576. The zero-order chi connectivity index (χ0) is 18.4. The maximum absolute atomic E-state index is 12.2. The minimum atomic E-state index is -0.812. The van der Waals surface area contributed by atoms with Gasteiger partial charge in [0.25, 0.3) is 0 Å². The molecule has 0 bridgehead atoms. The topological polar surface area (TPSA) is 53.0 Å². The van der Waals surface area contributed by atoms with E-state index in [4.69, 9.17) is 4.74 Å². The lowest BCUT2D eigenvalue weighted by Crippen LogP contribution is -2.50. The van der Waals surface area contributed by atoms with Crippen LogP contribution in [-0.2, 0) is 4.79 Å². The Morgan fingerprint density at radius 2 is 1.84 bits per heavy atom. The van der Waals surface area contributed by atoms with E-state index in [0.29, 0.717) is 26.0 Å². The van der Waals surface area contributed by atoms with Crippen LogP contribution in [0, 0.1) is 13.8 Å². The highest BCUT2D eigenvalue weighted by atomic mass is 16.5. The van der Waals surface area contributed by atoms with Crippen molar-refractivity contribution in [3.63, 3.8) is 0 Å². The third-order valence-corrected chi connectivity index (χ3v) is 5.25. The molecule has 0 unspecified atom stereocenters. The van der Waals surface area contributed by atoms with Crippen molar-refractivity contribution in [2.45, 2.75) is 46.1 Å². The quantitative estimate of drug-likeness (QED) is 0.822. The van der Waals surface area contributed by atoms with E-state index in [1.807, 2.05) is 36.9 Å². The van der Waals surface area contributed by atoms with E-state index in [9.17, 15) is 9.90 Å². The van der Waals surface area contributed by atoms with Crippen LogP contribution in [0.1, 0.15) is 37.8 Å². The Balaban J connectivity index is 1.81. The number of carbonyl (C=O) groups is 1. The van der Waals surface area contributed by atoms with Crippen LogP contribution in [-0.4, -0.2) is 65.7 Å². The molecule has 0 spiro atoms. The van der Waals surface area contributed by atoms with E-state index in [-0.39, 0.29) is 5.91 Å². The second kappa shape index (κ2) is 8.68. The molecule has 1 aliphatic rings. The summed E-state index contributed by atoms with van der Waals surface area (Å²) in [6.45, 7) is 11.8. The molecule has 1 aromatic carbocycles. The Kier molecular flexibility index (Phi) is 6.85. The minimum absolute atomic E-state index is 0.168. The molecule has 0 atom stereocenters. The second-order valence-corrected chi connectivity index (χ2v) is 7.10. The molecule has 25 heavy (non-hydrogen) atoms. The zero-order valence-electron chi connectivity index (χ0n) is 16.0. The molecular formula is C20H32N2O3. The number of piperidine rings is 1. The molecular weight excluding hydrogens is 316 g/mol. The fourth-order valence-corrected chi connectivity index (χ4v) is 3.16. The highest BCUT2D eigenvalue weighted by Gasteiger charge is 2.34. The Morgan fingerprint density at radius 3 is 2.40 bits per heavy atom. The first-order chi connectivity index (χ1) is 11.9. The first-order valence-corrected chi connectivity index (χ1v) is 9.29. The van der Waals surface area contributed by atoms with Gasteiger partial charge in [0, 0.05) is 26.2 Å². The number of nitrogens with zero attached hydrogens (tertiary/aromatic N) is 2. The van der Waals surface area contributed by atoms with Crippen molar-refractivity contribution in [1.29, 1.82) is 0 Å². The van der Waals surface area contributed by atoms with Crippen molar-refractivity contribution in [1.82, 2.24) is 9.80 Å². The average molecular weight is 348 g/mol. The van der Waals surface area contributed by atoms with Crippen LogP contribution in [0.4, 0.5) is 0 Å². The van der Waals surface area contributed by atoms with Crippen LogP contribution in [0.3, 0.4) is 0 Å². The van der Waals surface area contributed by atoms with E-state index in [1.165, 1.54) is 11.1 Å². The predicted octanol–water partition coefficient (Wildman–Crippen LogP) is 2.38. The van der Waals surface area contributed by atoms with Crippen LogP contribution < -0.4 is 4.74 Å². The number of aryl methyl sites for hydroxylation is 2. The number of rotatable bonds is 7. The molecule has 5 nitrogen and oxygen atoms in total. The molecule has 1 aromatic rings. The molecule has 1 N–H and O–H groups in total. The van der Waals surface area contributed by atoms with Crippen LogP contribution in [0.5, 0.6) is 5.75 Å². The van der Waals surface area contributed by atoms with Crippen LogP contribution in [0.2, 0.25) is 0 Å². The standard InChI is InChI=1S/C20H32N2O3/c1-5-22(6-2)19(23)14-21-11-9-20(24,10-12-21)15-25-18-8-7-16(3)17(4)13-18/h7-8,13,24H,5-6,9-12,14-15H2,1-4H3. The summed E-state index contributed by atoms with van der Waals surface area (Å²) in [5.74, 6) is 0.970. The van der Waals surface area contributed by atoms with Gasteiger partial charge in [0.1, 0.15) is 18.0 Å². The summed E-state index contributed by atoms with van der Waals surface area (Å²) < 4.78 is 5.83. The molecule has 1 heterocycles. The van der Waals surface area contributed by atoms with Gasteiger partial charge < -0.3 is 14.7 Å². The van der Waals surface area contributed by atoms with Crippen molar-refractivity contribution < 1.29 is 14.6 Å². The molecule has 0 aliphatic carbocycles. The lowest BCUT2D eigenvalue weighted by molar-refractivity contribution is -0.133. The third kappa shape index (κ3) is 5.44. The minimum Gasteiger partial charge on any atom is -0.491 e. The summed E-state index contributed by atoms with van der Waals surface area (Å²) >= 11 is 0. The molecule has 1 fully saturated rings. The van der Waals surface area contributed by atoms with Crippen molar-refractivity contribution >= 4 is 5.91 Å². The van der Waals surface area contributed by atoms with Crippen LogP contribution in [0.15, 0.2) is 18.2 Å². The Hall–Kier alpha value is -1.59. The van der Waals surface area contributed by atoms with Crippen LogP contribution in [0.25, 0.3) is 0 Å². The fourth-order valence-electron chi connectivity index (χ4n) is 3.16. The van der Waals surface area contributed by atoms with Crippen molar-refractivity contribution in [3.8, 4) is 5.75 Å². The summed E-state index contributed by atoms with van der Waals surface area (Å²) in [4.78, 5) is 16.2. The van der Waals surface area contributed by atoms with Gasteiger partial charge in [0.2, 0.25) is 5.91 Å². The van der Waals surface area contributed by atoms with E-state index in [1.54, 1.807) is 0 Å². The van der Waals surface area contributed by atoms with Gasteiger partial charge in [-0.05, 0) is 63.8 Å². The summed E-state index contributed by atoms with van der Waals surface area (Å²) in [7, 11) is 0. The zero-order valence-corrected chi connectivity index (χ0v) is 16.0. The fraction of sp³-hybridized carbons (Fsp3) is 0.650. The maximum Gasteiger partial charge on any atom is 0.236 e. The second-order valence-electron chi connectivity index (χ2n) is 7.10. The molecule has 0 saturated carbocycles. The van der Waals surface area contributed by atoms with Gasteiger partial charge in [0.15, 0.2) is 0 Å². The molecule has 2 rings (SSSR count). The van der Waals surface area contributed by atoms with E-state index >= 15 is 0 Å². The van der Waals surface area contributed by atoms with Crippen molar-refractivity contribution in [2.75, 3.05) is 39.3 Å². The Labute approximate surface area is 151 Å². The number of likely N-dealkylation sites (tertiary alicyclic amines) is 1. The first-order valence-electron chi connectivity index (χ1n) is 9.29. The number of likely N-dealkylation sites (N-methyl/N-ethyl adjacent to an activating group) is 1. The molecule has 1 amide bonds. The monoisotopic (exact) mass is 348 g/mol. The molecule has 140 valence electrons. The van der Waals surface area contributed by atoms with E-state index in [2.05, 4.69) is 18.7 Å². The number of carbonyl (C=O) groups excluding carboxylic acids is 1.